The Kier molecular flexibility index (Phi) is 4.33. The van der Waals surface area contributed by atoms with Crippen LogP contribution in [-0.4, -0.2) is 47.2 Å². The van der Waals surface area contributed by atoms with Crippen LogP contribution in [0.4, 0.5) is 16.2 Å². The van der Waals surface area contributed by atoms with Crippen molar-refractivity contribution in [2.24, 2.45) is 0 Å². The second-order valence-corrected chi connectivity index (χ2v) is 5.61. The van der Waals surface area contributed by atoms with E-state index >= 15 is 0 Å². The van der Waals surface area contributed by atoms with E-state index in [1.165, 1.54) is 17.0 Å². The van der Waals surface area contributed by atoms with Crippen LogP contribution in [0.15, 0.2) is 48.5 Å². The molecule has 1 amide bonds. The Hall–Kier alpha value is -3.09. The van der Waals surface area contributed by atoms with Gasteiger partial charge in [-0.15, -0.1) is 0 Å². The normalized spacial score (nSPS) is 14.5. The van der Waals surface area contributed by atoms with Crippen molar-refractivity contribution in [2.75, 3.05) is 31.1 Å². The fourth-order valence-corrected chi connectivity index (χ4v) is 2.80. The van der Waals surface area contributed by atoms with Gasteiger partial charge in [-0.2, -0.15) is 0 Å². The van der Waals surface area contributed by atoms with Crippen molar-refractivity contribution in [3.05, 3.63) is 58.6 Å². The van der Waals surface area contributed by atoms with Crippen LogP contribution in [0.3, 0.4) is 0 Å². The van der Waals surface area contributed by atoms with Crippen LogP contribution in [0.1, 0.15) is 0 Å². The monoisotopic (exact) mass is 327 g/mol. The van der Waals surface area contributed by atoms with Crippen molar-refractivity contribution in [1.29, 1.82) is 0 Å². The summed E-state index contributed by atoms with van der Waals surface area (Å²) in [5, 5.41) is 19.7. The van der Waals surface area contributed by atoms with E-state index in [1.807, 2.05) is 24.3 Å². The lowest BCUT2D eigenvalue weighted by Gasteiger charge is -2.34. The van der Waals surface area contributed by atoms with E-state index in [4.69, 9.17) is 5.11 Å². The number of carboxylic acid groups (broad SMARTS) is 1. The summed E-state index contributed by atoms with van der Waals surface area (Å²) in [6.45, 7) is 2.34. The largest absolute Gasteiger partial charge is 0.465 e. The van der Waals surface area contributed by atoms with Crippen LogP contribution >= 0.6 is 0 Å². The van der Waals surface area contributed by atoms with E-state index in [9.17, 15) is 14.9 Å². The summed E-state index contributed by atoms with van der Waals surface area (Å²) in [5.41, 5.74) is 3.03. The molecule has 1 saturated heterocycles. The maximum absolute atomic E-state index is 10.9. The molecular weight excluding hydrogens is 310 g/mol. The quantitative estimate of drug-likeness (QED) is 0.691. The highest BCUT2D eigenvalue weighted by molar-refractivity contribution is 5.68. The van der Waals surface area contributed by atoms with Crippen LogP contribution in [0.2, 0.25) is 0 Å². The van der Waals surface area contributed by atoms with Crippen LogP contribution < -0.4 is 4.90 Å². The molecule has 124 valence electrons. The molecule has 0 aromatic heterocycles. The number of nitro groups is 1. The Bertz CT molecular complexity index is 735. The van der Waals surface area contributed by atoms with E-state index in [0.717, 1.165) is 16.8 Å². The predicted molar refractivity (Wildman–Crippen MR) is 90.3 cm³/mol. The first-order valence-electron chi connectivity index (χ1n) is 7.62. The minimum atomic E-state index is -0.872. The van der Waals surface area contributed by atoms with Gasteiger partial charge >= 0.3 is 6.09 Å². The molecule has 0 atom stereocenters. The number of nitro benzene ring substituents is 1. The number of benzene rings is 2. The molecule has 1 aliphatic rings. The standard InChI is InChI=1S/C17H17N3O4/c21-17(22)19-11-9-18(10-12-19)15-5-1-13(2-6-15)14-3-7-16(8-4-14)20(23)24/h1-8H,9-12H2,(H,21,22). The number of piperazine rings is 1. The summed E-state index contributed by atoms with van der Waals surface area (Å²) >= 11 is 0. The Morgan fingerprint density at radius 1 is 0.917 bits per heavy atom. The molecule has 24 heavy (non-hydrogen) atoms. The Balaban J connectivity index is 1.69. The van der Waals surface area contributed by atoms with Gasteiger partial charge in [0.2, 0.25) is 0 Å². The highest BCUT2D eigenvalue weighted by Crippen LogP contribution is 2.25. The van der Waals surface area contributed by atoms with Crippen molar-refractivity contribution in [1.82, 2.24) is 4.90 Å². The summed E-state index contributed by atoms with van der Waals surface area (Å²) in [6, 6.07) is 14.4. The van der Waals surface area contributed by atoms with Gasteiger partial charge in [-0.25, -0.2) is 4.79 Å². The maximum atomic E-state index is 10.9. The molecule has 0 radical (unpaired) electrons. The van der Waals surface area contributed by atoms with E-state index in [1.54, 1.807) is 12.1 Å². The first kappa shape index (κ1) is 15.8. The number of rotatable bonds is 3. The number of amides is 1. The molecule has 2 aromatic rings. The zero-order valence-corrected chi connectivity index (χ0v) is 13.0. The second-order valence-electron chi connectivity index (χ2n) is 5.61. The van der Waals surface area contributed by atoms with Gasteiger partial charge in [0.15, 0.2) is 0 Å². The predicted octanol–water partition coefficient (Wildman–Crippen LogP) is 3.06. The third kappa shape index (κ3) is 3.29. The molecular formula is C17H17N3O4. The van der Waals surface area contributed by atoms with Gasteiger partial charge in [0, 0.05) is 44.0 Å². The van der Waals surface area contributed by atoms with E-state index in [2.05, 4.69) is 4.90 Å². The van der Waals surface area contributed by atoms with Gasteiger partial charge in [-0.1, -0.05) is 12.1 Å². The Morgan fingerprint density at radius 2 is 1.42 bits per heavy atom. The zero-order valence-electron chi connectivity index (χ0n) is 13.0. The van der Waals surface area contributed by atoms with Crippen LogP contribution in [0.5, 0.6) is 0 Å². The van der Waals surface area contributed by atoms with E-state index in [0.29, 0.717) is 26.2 Å². The Morgan fingerprint density at radius 3 is 1.88 bits per heavy atom. The molecule has 1 aliphatic heterocycles. The number of non-ortho nitro benzene ring substituents is 1. The van der Waals surface area contributed by atoms with Crippen molar-refractivity contribution >= 4 is 17.5 Å². The molecule has 7 heteroatoms. The number of hydrogen-bond acceptors (Lipinski definition) is 4. The summed E-state index contributed by atoms with van der Waals surface area (Å²) < 4.78 is 0. The number of anilines is 1. The molecule has 1 fully saturated rings. The van der Waals surface area contributed by atoms with Crippen LogP contribution in [0, 0.1) is 10.1 Å². The van der Waals surface area contributed by atoms with E-state index < -0.39 is 11.0 Å². The minimum absolute atomic E-state index is 0.0756. The van der Waals surface area contributed by atoms with Crippen molar-refractivity contribution in [2.45, 2.75) is 0 Å². The molecule has 0 spiro atoms. The molecule has 0 saturated carbocycles. The first-order valence-corrected chi connectivity index (χ1v) is 7.62. The third-order valence-electron chi connectivity index (χ3n) is 4.19. The molecule has 0 unspecified atom stereocenters. The highest BCUT2D eigenvalue weighted by atomic mass is 16.6. The fourth-order valence-electron chi connectivity index (χ4n) is 2.80. The van der Waals surface area contributed by atoms with Gasteiger partial charge in [0.25, 0.3) is 5.69 Å². The van der Waals surface area contributed by atoms with Gasteiger partial charge in [-0.05, 0) is 35.4 Å². The highest BCUT2D eigenvalue weighted by Gasteiger charge is 2.20. The number of nitrogens with zero attached hydrogens (tertiary/aromatic N) is 3. The summed E-state index contributed by atoms with van der Waals surface area (Å²) in [6.07, 6.45) is -0.872. The van der Waals surface area contributed by atoms with Crippen LogP contribution in [-0.2, 0) is 0 Å². The second kappa shape index (κ2) is 6.57. The summed E-state index contributed by atoms with van der Waals surface area (Å²) in [7, 11) is 0. The molecule has 1 heterocycles. The lowest BCUT2D eigenvalue weighted by molar-refractivity contribution is -0.384. The van der Waals surface area contributed by atoms with Gasteiger partial charge in [0.05, 0.1) is 4.92 Å². The van der Waals surface area contributed by atoms with Gasteiger partial charge in [-0.3, -0.25) is 10.1 Å². The summed E-state index contributed by atoms with van der Waals surface area (Å²) in [4.78, 5) is 24.8. The molecule has 0 aliphatic carbocycles. The zero-order chi connectivity index (χ0) is 17.1. The smallest absolute Gasteiger partial charge is 0.407 e. The van der Waals surface area contributed by atoms with Gasteiger partial charge in [0.1, 0.15) is 0 Å². The fraction of sp³-hybridized carbons (Fsp3) is 0.235. The van der Waals surface area contributed by atoms with Crippen molar-refractivity contribution < 1.29 is 14.8 Å². The molecule has 7 nitrogen and oxygen atoms in total. The average molecular weight is 327 g/mol. The minimum Gasteiger partial charge on any atom is -0.465 e. The summed E-state index contributed by atoms with van der Waals surface area (Å²) in [5.74, 6) is 0. The van der Waals surface area contributed by atoms with Crippen molar-refractivity contribution in [3.63, 3.8) is 0 Å². The van der Waals surface area contributed by atoms with Gasteiger partial charge < -0.3 is 14.9 Å². The van der Waals surface area contributed by atoms with Crippen LogP contribution in [0.25, 0.3) is 11.1 Å². The lowest BCUT2D eigenvalue weighted by Crippen LogP contribution is -2.48. The number of hydrogen-bond donors (Lipinski definition) is 1. The SMILES string of the molecule is O=C(O)N1CCN(c2ccc(-c3ccc([N+](=O)[O-])cc3)cc2)CC1. The lowest BCUT2D eigenvalue weighted by atomic mass is 10.0. The molecule has 1 N–H and O–H groups in total. The topological polar surface area (TPSA) is 86.9 Å². The third-order valence-corrected chi connectivity index (χ3v) is 4.19. The van der Waals surface area contributed by atoms with E-state index in [-0.39, 0.29) is 5.69 Å². The molecule has 0 bridgehead atoms. The average Bonchev–Trinajstić information content (AvgIpc) is 2.62. The first-order chi connectivity index (χ1) is 11.5. The van der Waals surface area contributed by atoms with Crippen molar-refractivity contribution in [3.8, 4) is 11.1 Å². The molecule has 3 rings (SSSR count). The maximum Gasteiger partial charge on any atom is 0.407 e. The Labute approximate surface area is 138 Å². The molecule has 2 aromatic carbocycles. The number of carbonyl (C=O) groups is 1.